The summed E-state index contributed by atoms with van der Waals surface area (Å²) in [4.78, 5) is 7.51. The molecule has 1 aliphatic heterocycles. The lowest BCUT2D eigenvalue weighted by molar-refractivity contribution is 0.544. The van der Waals surface area contributed by atoms with E-state index >= 15 is 0 Å². The number of nitrogens with one attached hydrogen (secondary N) is 2. The molecule has 0 saturated heterocycles. The molecule has 3 heterocycles. The number of anilines is 1. The highest BCUT2D eigenvalue weighted by molar-refractivity contribution is 6.01. The second kappa shape index (κ2) is 5.39. The van der Waals surface area contributed by atoms with Crippen molar-refractivity contribution in [1.82, 2.24) is 9.97 Å². The normalized spacial score (nSPS) is 15.4. The predicted octanol–water partition coefficient (Wildman–Crippen LogP) is 5.33. The zero-order valence-electron chi connectivity index (χ0n) is 14.0. The zero-order valence-corrected chi connectivity index (χ0v) is 14.0. The second-order valence-corrected chi connectivity index (χ2v) is 6.54. The monoisotopic (exact) mass is 347 g/mol. The van der Waals surface area contributed by atoms with Crippen molar-refractivity contribution in [2.45, 2.75) is 13.0 Å². The molecule has 0 radical (unpaired) electrons. The maximum atomic E-state index is 14.9. The number of para-hydroxylation sites is 1. The fourth-order valence-electron chi connectivity index (χ4n) is 3.78. The molecule has 5 rings (SSSR count). The van der Waals surface area contributed by atoms with Crippen LogP contribution in [0.2, 0.25) is 0 Å². The van der Waals surface area contributed by atoms with Gasteiger partial charge in [0.25, 0.3) is 0 Å². The van der Waals surface area contributed by atoms with E-state index in [1.807, 2.05) is 30.3 Å². The fraction of sp³-hybridized carbons (Fsp3) is 0.0952. The van der Waals surface area contributed by atoms with Crippen molar-refractivity contribution in [2.24, 2.45) is 0 Å². The van der Waals surface area contributed by atoms with Crippen LogP contribution in [0.3, 0.4) is 0 Å². The lowest BCUT2D eigenvalue weighted by Gasteiger charge is -2.21. The van der Waals surface area contributed by atoms with E-state index < -0.39 is 17.7 Å². The molecule has 128 valence electrons. The summed E-state index contributed by atoms with van der Waals surface area (Å²) in [7, 11) is 0. The molecule has 26 heavy (non-hydrogen) atoms. The van der Waals surface area contributed by atoms with Crippen molar-refractivity contribution in [3.05, 3.63) is 83.2 Å². The van der Waals surface area contributed by atoms with E-state index in [9.17, 15) is 8.78 Å². The first-order chi connectivity index (χ1) is 12.6. The molecule has 0 fully saturated rings. The molecule has 5 heteroatoms. The van der Waals surface area contributed by atoms with Crippen LogP contribution in [0.15, 0.2) is 54.9 Å². The van der Waals surface area contributed by atoms with E-state index in [1.165, 1.54) is 12.1 Å². The SMILES string of the molecule is Cc1ccc(F)c(C2Nc3ccccc3-c3ccnc4[nH]cc2c34)c1F. The summed E-state index contributed by atoms with van der Waals surface area (Å²) in [6.45, 7) is 1.64. The fourth-order valence-corrected chi connectivity index (χ4v) is 3.78. The van der Waals surface area contributed by atoms with Gasteiger partial charge in [0.15, 0.2) is 0 Å². The van der Waals surface area contributed by atoms with Gasteiger partial charge < -0.3 is 10.3 Å². The number of fused-ring (bicyclic) bond motifs is 2. The topological polar surface area (TPSA) is 40.7 Å². The Bertz CT molecular complexity index is 1160. The lowest BCUT2D eigenvalue weighted by Crippen LogP contribution is -2.15. The van der Waals surface area contributed by atoms with Crippen LogP contribution in [0.25, 0.3) is 22.2 Å². The quantitative estimate of drug-likeness (QED) is 0.488. The van der Waals surface area contributed by atoms with Crippen molar-refractivity contribution >= 4 is 16.7 Å². The Hall–Kier alpha value is -3.21. The number of aryl methyl sites for hydroxylation is 1. The highest BCUT2D eigenvalue weighted by atomic mass is 19.1. The van der Waals surface area contributed by atoms with Crippen LogP contribution in [0.5, 0.6) is 0 Å². The highest BCUT2D eigenvalue weighted by Crippen LogP contribution is 2.44. The van der Waals surface area contributed by atoms with Gasteiger partial charge in [-0.3, -0.25) is 0 Å². The molecule has 2 N–H and O–H groups in total. The highest BCUT2D eigenvalue weighted by Gasteiger charge is 2.30. The van der Waals surface area contributed by atoms with E-state index in [0.717, 1.165) is 27.8 Å². The van der Waals surface area contributed by atoms with Crippen LogP contribution in [-0.2, 0) is 0 Å². The van der Waals surface area contributed by atoms with Gasteiger partial charge in [-0.15, -0.1) is 0 Å². The van der Waals surface area contributed by atoms with E-state index in [2.05, 4.69) is 15.3 Å². The molecule has 1 atom stereocenters. The molecule has 0 amide bonds. The third kappa shape index (κ3) is 2.00. The van der Waals surface area contributed by atoms with Crippen LogP contribution >= 0.6 is 0 Å². The van der Waals surface area contributed by atoms with Crippen LogP contribution < -0.4 is 5.32 Å². The first kappa shape index (κ1) is 15.1. The third-order valence-corrected chi connectivity index (χ3v) is 5.04. The van der Waals surface area contributed by atoms with Gasteiger partial charge in [0.1, 0.15) is 17.3 Å². The first-order valence-corrected chi connectivity index (χ1v) is 8.41. The standard InChI is InChI=1S/C21H15F2N3/c1-11-6-7-15(22)18(19(11)23)20-14-10-25-21-17(14)13(8-9-24-21)12-4-2-3-5-16(12)26-20/h2-10,20,26H,1H3,(H,24,25). The van der Waals surface area contributed by atoms with Crippen molar-refractivity contribution in [3.63, 3.8) is 0 Å². The van der Waals surface area contributed by atoms with Crippen molar-refractivity contribution < 1.29 is 8.78 Å². The number of hydrogen-bond acceptors (Lipinski definition) is 2. The first-order valence-electron chi connectivity index (χ1n) is 8.41. The lowest BCUT2D eigenvalue weighted by atomic mass is 9.95. The number of aromatic amines is 1. The average molecular weight is 347 g/mol. The van der Waals surface area contributed by atoms with Crippen LogP contribution in [0.4, 0.5) is 14.5 Å². The zero-order chi connectivity index (χ0) is 17.8. The summed E-state index contributed by atoms with van der Waals surface area (Å²) in [5, 5.41) is 4.23. The minimum Gasteiger partial charge on any atom is -0.373 e. The largest absolute Gasteiger partial charge is 0.373 e. The number of benzene rings is 2. The van der Waals surface area contributed by atoms with Crippen LogP contribution in [0, 0.1) is 18.6 Å². The number of aromatic nitrogens is 2. The van der Waals surface area contributed by atoms with Crippen molar-refractivity contribution in [2.75, 3.05) is 5.32 Å². The number of halogens is 2. The molecular weight excluding hydrogens is 332 g/mol. The smallest absolute Gasteiger partial charge is 0.138 e. The van der Waals surface area contributed by atoms with Gasteiger partial charge >= 0.3 is 0 Å². The Labute approximate surface area is 148 Å². The van der Waals surface area contributed by atoms with Gasteiger partial charge in [0.2, 0.25) is 0 Å². The molecule has 0 aliphatic carbocycles. The average Bonchev–Trinajstić information content (AvgIpc) is 3.02. The molecule has 0 saturated carbocycles. The minimum atomic E-state index is -0.657. The van der Waals surface area contributed by atoms with Gasteiger partial charge in [-0.1, -0.05) is 24.3 Å². The maximum absolute atomic E-state index is 14.9. The maximum Gasteiger partial charge on any atom is 0.138 e. The van der Waals surface area contributed by atoms with Gasteiger partial charge in [0, 0.05) is 34.6 Å². The molecule has 0 spiro atoms. The summed E-state index contributed by atoms with van der Waals surface area (Å²) in [5.74, 6) is -1.09. The Balaban J connectivity index is 1.88. The molecular formula is C21H15F2N3. The molecule has 3 nitrogen and oxygen atoms in total. The van der Waals surface area contributed by atoms with Gasteiger partial charge in [0.05, 0.1) is 11.6 Å². The van der Waals surface area contributed by atoms with E-state index in [4.69, 9.17) is 0 Å². The Morgan fingerprint density at radius 2 is 1.85 bits per heavy atom. The number of pyridine rings is 1. The Kier molecular flexibility index (Phi) is 3.13. The van der Waals surface area contributed by atoms with Gasteiger partial charge in [-0.05, 0) is 36.2 Å². The van der Waals surface area contributed by atoms with Crippen LogP contribution in [0.1, 0.15) is 22.7 Å². The molecule has 0 bridgehead atoms. The van der Waals surface area contributed by atoms with Crippen molar-refractivity contribution in [3.8, 4) is 11.1 Å². The number of H-pyrrole nitrogens is 1. The van der Waals surface area contributed by atoms with Crippen molar-refractivity contribution in [1.29, 1.82) is 0 Å². The summed E-state index contributed by atoms with van der Waals surface area (Å²) >= 11 is 0. The third-order valence-electron chi connectivity index (χ3n) is 5.04. The molecule has 2 aromatic carbocycles. The molecule has 4 aromatic rings. The predicted molar refractivity (Wildman–Crippen MR) is 98.1 cm³/mol. The summed E-state index contributed by atoms with van der Waals surface area (Å²) in [6, 6.07) is 11.8. The summed E-state index contributed by atoms with van der Waals surface area (Å²) in [5.41, 5.74) is 4.73. The Morgan fingerprint density at radius 1 is 1.00 bits per heavy atom. The second-order valence-electron chi connectivity index (χ2n) is 6.54. The molecule has 1 unspecified atom stereocenters. The van der Waals surface area contributed by atoms with E-state index in [0.29, 0.717) is 11.2 Å². The Morgan fingerprint density at radius 3 is 2.73 bits per heavy atom. The number of rotatable bonds is 1. The van der Waals surface area contributed by atoms with Gasteiger partial charge in [-0.2, -0.15) is 0 Å². The number of hydrogen-bond donors (Lipinski definition) is 2. The minimum absolute atomic E-state index is 0.0254. The summed E-state index contributed by atoms with van der Waals surface area (Å²) in [6.07, 6.45) is 3.52. The number of nitrogens with zero attached hydrogens (tertiary/aromatic N) is 1. The molecule has 1 aliphatic rings. The van der Waals surface area contributed by atoms with Gasteiger partial charge in [-0.25, -0.2) is 13.8 Å². The van der Waals surface area contributed by atoms with E-state index in [1.54, 1.807) is 19.3 Å². The summed E-state index contributed by atoms with van der Waals surface area (Å²) < 4.78 is 29.6. The molecule has 2 aromatic heterocycles. The van der Waals surface area contributed by atoms with Crippen LogP contribution in [-0.4, -0.2) is 9.97 Å². The van der Waals surface area contributed by atoms with E-state index in [-0.39, 0.29) is 5.56 Å².